The molecule has 1 aromatic rings. The fraction of sp³-hybridized carbons (Fsp3) is 0.889. The van der Waals surface area contributed by atoms with Crippen LogP contribution in [0.25, 0.3) is 0 Å². The fourth-order valence-electron chi connectivity index (χ4n) is 2.43. The highest BCUT2D eigenvalue weighted by molar-refractivity contribution is 4.87. The van der Waals surface area contributed by atoms with Gasteiger partial charge >= 0.3 is 0 Å². The number of ether oxygens (including phenoxy) is 5. The zero-order valence-corrected chi connectivity index (χ0v) is 16.4. The molecule has 26 heavy (non-hydrogen) atoms. The minimum absolute atomic E-state index is 0.00709. The first-order valence-corrected chi connectivity index (χ1v) is 9.42. The van der Waals surface area contributed by atoms with Gasteiger partial charge in [0, 0.05) is 0 Å². The largest absolute Gasteiger partial charge is 0.377 e. The van der Waals surface area contributed by atoms with Crippen LogP contribution in [0, 0.1) is 11.8 Å². The lowest BCUT2D eigenvalue weighted by Crippen LogP contribution is -2.27. The van der Waals surface area contributed by atoms with Crippen molar-refractivity contribution in [3.63, 3.8) is 0 Å². The van der Waals surface area contributed by atoms with Gasteiger partial charge in [-0.2, -0.15) is 5.10 Å². The van der Waals surface area contributed by atoms with Gasteiger partial charge in [-0.25, -0.2) is 4.98 Å². The van der Waals surface area contributed by atoms with Gasteiger partial charge in [0.1, 0.15) is 13.2 Å². The van der Waals surface area contributed by atoms with Crippen molar-refractivity contribution in [1.29, 1.82) is 0 Å². The van der Waals surface area contributed by atoms with Crippen LogP contribution in [-0.2, 0) is 36.9 Å². The van der Waals surface area contributed by atoms with E-state index >= 15 is 0 Å². The number of hydrogen-bond acceptors (Lipinski definition) is 7. The van der Waals surface area contributed by atoms with Gasteiger partial charge in [-0.1, -0.05) is 27.7 Å². The second-order valence-electron chi connectivity index (χ2n) is 7.15. The summed E-state index contributed by atoms with van der Waals surface area (Å²) < 4.78 is 28.8. The molecule has 1 aromatic heterocycles. The van der Waals surface area contributed by atoms with Gasteiger partial charge in [0.25, 0.3) is 0 Å². The monoisotopic (exact) mass is 371 g/mol. The number of aromatic nitrogens is 3. The average Bonchev–Trinajstić information content (AvgIpc) is 3.04. The quantitative estimate of drug-likeness (QED) is 0.850. The molecule has 8 heteroatoms. The highest BCUT2D eigenvalue weighted by Gasteiger charge is 2.18. The van der Waals surface area contributed by atoms with Gasteiger partial charge in [0.15, 0.2) is 11.6 Å². The molecule has 150 valence electrons. The molecule has 0 aliphatic carbocycles. The van der Waals surface area contributed by atoms with E-state index < -0.39 is 0 Å². The van der Waals surface area contributed by atoms with Crippen LogP contribution in [0.15, 0.2) is 0 Å². The lowest BCUT2D eigenvalue weighted by atomic mass is 10.1. The maximum Gasteiger partial charge on any atom is 0.176 e. The van der Waals surface area contributed by atoms with E-state index in [0.29, 0.717) is 76.3 Å². The molecule has 0 radical (unpaired) electrons. The van der Waals surface area contributed by atoms with Crippen molar-refractivity contribution in [2.75, 3.05) is 39.6 Å². The molecule has 8 nitrogen and oxygen atoms in total. The van der Waals surface area contributed by atoms with E-state index in [0.717, 1.165) is 0 Å². The Morgan fingerprint density at radius 2 is 1.35 bits per heavy atom. The minimum Gasteiger partial charge on any atom is -0.377 e. The van der Waals surface area contributed by atoms with Crippen molar-refractivity contribution < 1.29 is 23.7 Å². The molecular formula is C18H33N3O5. The molecule has 0 aromatic carbocycles. The van der Waals surface area contributed by atoms with Crippen LogP contribution in [0.4, 0.5) is 0 Å². The Labute approximate surface area is 155 Å². The highest BCUT2D eigenvalue weighted by Crippen LogP contribution is 2.12. The molecule has 1 N–H and O–H groups in total. The third kappa shape index (κ3) is 7.67. The molecule has 2 heterocycles. The Hall–Kier alpha value is -1.06. The van der Waals surface area contributed by atoms with E-state index in [1.807, 2.05) is 0 Å². The summed E-state index contributed by atoms with van der Waals surface area (Å²) in [5, 5.41) is 7.12. The van der Waals surface area contributed by atoms with Crippen LogP contribution in [-0.4, -0.2) is 67.0 Å². The summed E-state index contributed by atoms with van der Waals surface area (Å²) in [6.45, 7) is 12.4. The van der Waals surface area contributed by atoms with Crippen LogP contribution < -0.4 is 0 Å². The summed E-state index contributed by atoms with van der Waals surface area (Å²) in [5.41, 5.74) is 0. The molecular weight excluding hydrogens is 338 g/mol. The Morgan fingerprint density at radius 1 is 0.808 bits per heavy atom. The van der Waals surface area contributed by atoms with Crippen LogP contribution >= 0.6 is 0 Å². The lowest BCUT2D eigenvalue weighted by Gasteiger charge is -2.21. The predicted octanol–water partition coefficient (Wildman–Crippen LogP) is 1.95. The minimum atomic E-state index is -0.0132. The van der Waals surface area contributed by atoms with E-state index in [2.05, 4.69) is 42.9 Å². The normalized spacial score (nSPS) is 25.2. The average molecular weight is 371 g/mol. The number of rotatable bonds is 2. The lowest BCUT2D eigenvalue weighted by molar-refractivity contribution is -0.0712. The molecule has 2 unspecified atom stereocenters. The number of nitrogens with zero attached hydrogens (tertiary/aromatic N) is 2. The van der Waals surface area contributed by atoms with Gasteiger partial charge in [-0.05, 0) is 11.8 Å². The van der Waals surface area contributed by atoms with Crippen molar-refractivity contribution in [1.82, 2.24) is 15.2 Å². The van der Waals surface area contributed by atoms with Crippen molar-refractivity contribution in [2.24, 2.45) is 11.8 Å². The number of fused-ring (bicyclic) bond motifs is 2. The Kier molecular flexibility index (Phi) is 9.49. The highest BCUT2D eigenvalue weighted by atomic mass is 16.6. The first-order valence-electron chi connectivity index (χ1n) is 9.42. The first-order chi connectivity index (χ1) is 12.6. The smallest absolute Gasteiger partial charge is 0.176 e. The maximum absolute atomic E-state index is 5.95. The van der Waals surface area contributed by atoms with Gasteiger partial charge in [0.2, 0.25) is 0 Å². The summed E-state index contributed by atoms with van der Waals surface area (Å²) >= 11 is 0. The molecule has 1 aliphatic heterocycles. The molecule has 2 rings (SSSR count). The maximum atomic E-state index is 5.95. The van der Waals surface area contributed by atoms with Crippen molar-refractivity contribution >= 4 is 0 Å². The zero-order valence-electron chi connectivity index (χ0n) is 16.4. The summed E-state index contributed by atoms with van der Waals surface area (Å²) in [7, 11) is 0. The first kappa shape index (κ1) is 21.2. The van der Waals surface area contributed by atoms with Gasteiger partial charge in [-0.3, -0.25) is 5.10 Å². The van der Waals surface area contributed by atoms with Crippen LogP contribution in [0.2, 0.25) is 0 Å². The standard InChI is InChI=1S/C18H33N3O5/c1-13(2)15-9-23-7-5-22-6-8-24-10-16(14(3)4)26-12-18-19-17(11-25-15)20-21-18/h13-16H,5-12H2,1-4H3,(H,19,20,21). The second kappa shape index (κ2) is 11.6. The van der Waals surface area contributed by atoms with Crippen molar-refractivity contribution in [3.05, 3.63) is 11.6 Å². The van der Waals surface area contributed by atoms with Gasteiger partial charge in [-0.15, -0.1) is 0 Å². The SMILES string of the molecule is CC(C)C1COCCOCCOCC(C(C)C)OCc2nc(n[nH]2)CO1. The molecule has 0 saturated carbocycles. The van der Waals surface area contributed by atoms with E-state index in [9.17, 15) is 0 Å². The molecule has 0 spiro atoms. The Bertz CT molecular complexity index is 454. The van der Waals surface area contributed by atoms with Crippen LogP contribution in [0.5, 0.6) is 0 Å². The predicted molar refractivity (Wildman–Crippen MR) is 95.7 cm³/mol. The molecule has 0 amide bonds. The molecule has 0 saturated heterocycles. The van der Waals surface area contributed by atoms with E-state index in [1.54, 1.807) is 0 Å². The third-order valence-corrected chi connectivity index (χ3v) is 4.23. The summed E-state index contributed by atoms with van der Waals surface area (Å²) in [6.07, 6.45) is -0.0203. The van der Waals surface area contributed by atoms with Crippen molar-refractivity contribution in [2.45, 2.75) is 53.1 Å². The van der Waals surface area contributed by atoms with Gasteiger partial charge in [0.05, 0.1) is 51.8 Å². The Balaban J connectivity index is 1.95. The summed E-state index contributed by atoms with van der Waals surface area (Å²) in [6, 6.07) is 0. The topological polar surface area (TPSA) is 87.7 Å². The number of aromatic amines is 1. The van der Waals surface area contributed by atoms with Crippen LogP contribution in [0.3, 0.4) is 0 Å². The second-order valence-corrected chi connectivity index (χ2v) is 7.15. The van der Waals surface area contributed by atoms with Crippen molar-refractivity contribution in [3.8, 4) is 0 Å². The number of H-pyrrole nitrogens is 1. The molecule has 2 atom stereocenters. The summed E-state index contributed by atoms with van der Waals surface area (Å²) in [5.74, 6) is 1.99. The van der Waals surface area contributed by atoms with E-state index in [1.165, 1.54) is 0 Å². The summed E-state index contributed by atoms with van der Waals surface area (Å²) in [4.78, 5) is 4.44. The molecule has 2 bridgehead atoms. The fourth-order valence-corrected chi connectivity index (χ4v) is 2.43. The zero-order chi connectivity index (χ0) is 18.8. The third-order valence-electron chi connectivity index (χ3n) is 4.23. The molecule has 0 fully saturated rings. The Morgan fingerprint density at radius 3 is 1.92 bits per heavy atom. The van der Waals surface area contributed by atoms with E-state index in [-0.39, 0.29) is 12.2 Å². The molecule has 1 aliphatic rings. The van der Waals surface area contributed by atoms with Crippen LogP contribution in [0.1, 0.15) is 39.3 Å². The van der Waals surface area contributed by atoms with E-state index in [4.69, 9.17) is 23.7 Å². The van der Waals surface area contributed by atoms with Gasteiger partial charge < -0.3 is 23.7 Å². The number of nitrogens with one attached hydrogen (secondary N) is 1. The number of hydrogen-bond donors (Lipinski definition) is 1.